The summed E-state index contributed by atoms with van der Waals surface area (Å²) in [5.74, 6) is 1.84. The van der Waals surface area contributed by atoms with Crippen LogP contribution in [0.4, 0.5) is 5.82 Å². The molecule has 118 valence electrons. The molecule has 5 nitrogen and oxygen atoms in total. The number of piperidine rings is 1. The minimum Gasteiger partial charge on any atom is -0.365 e. The van der Waals surface area contributed by atoms with E-state index in [9.17, 15) is 0 Å². The number of nitrogens with one attached hydrogen (secondary N) is 3. The van der Waals surface area contributed by atoms with Gasteiger partial charge in [0, 0.05) is 18.8 Å². The Morgan fingerprint density at radius 3 is 2.86 bits per heavy atom. The molecule has 1 atom stereocenters. The van der Waals surface area contributed by atoms with Crippen LogP contribution in [0.5, 0.6) is 0 Å². The maximum Gasteiger partial charge on any atom is 0.143 e. The molecule has 0 spiro atoms. The van der Waals surface area contributed by atoms with E-state index in [2.05, 4.69) is 31.8 Å². The van der Waals surface area contributed by atoms with Crippen molar-refractivity contribution in [3.8, 4) is 0 Å². The molecule has 2 fully saturated rings. The Labute approximate surface area is 131 Å². The zero-order valence-corrected chi connectivity index (χ0v) is 13.1. The average Bonchev–Trinajstić information content (AvgIpc) is 3.20. The maximum absolute atomic E-state index is 4.54. The second-order valence-electron chi connectivity index (χ2n) is 6.80. The molecular weight excluding hydrogens is 274 g/mol. The van der Waals surface area contributed by atoms with E-state index in [1.807, 2.05) is 0 Å². The van der Waals surface area contributed by atoms with Gasteiger partial charge in [-0.05, 0) is 37.3 Å². The highest BCUT2D eigenvalue weighted by atomic mass is 15.1. The molecule has 22 heavy (non-hydrogen) atoms. The largest absolute Gasteiger partial charge is 0.365 e. The maximum atomic E-state index is 4.54. The standard InChI is InChI=1S/C17H25N5/c1-2-5-12(4-1)8-13-9-19-16-15(13)17(21-11-20-16)22-14-6-3-7-18-10-14/h9,11-12,14,18H,1-8,10H2,(H2,19,20,21,22)/t14-/m1/s1. The molecule has 0 aromatic carbocycles. The summed E-state index contributed by atoms with van der Waals surface area (Å²) in [6.07, 6.45) is 12.9. The van der Waals surface area contributed by atoms with Crippen molar-refractivity contribution in [2.75, 3.05) is 18.4 Å². The van der Waals surface area contributed by atoms with Crippen LogP contribution in [-0.2, 0) is 6.42 Å². The highest BCUT2D eigenvalue weighted by Gasteiger charge is 2.20. The van der Waals surface area contributed by atoms with Gasteiger partial charge < -0.3 is 15.6 Å². The molecule has 1 aliphatic carbocycles. The third kappa shape index (κ3) is 2.82. The van der Waals surface area contributed by atoms with Gasteiger partial charge in [0.25, 0.3) is 0 Å². The van der Waals surface area contributed by atoms with Gasteiger partial charge in [0.2, 0.25) is 0 Å². The van der Waals surface area contributed by atoms with Gasteiger partial charge in [-0.15, -0.1) is 0 Å². The first-order valence-electron chi connectivity index (χ1n) is 8.68. The molecule has 4 rings (SSSR count). The fourth-order valence-electron chi connectivity index (χ4n) is 3.99. The summed E-state index contributed by atoms with van der Waals surface area (Å²) in [6.45, 7) is 2.16. The molecule has 0 unspecified atom stereocenters. The summed E-state index contributed by atoms with van der Waals surface area (Å²) < 4.78 is 0. The number of aromatic nitrogens is 3. The van der Waals surface area contributed by atoms with Crippen molar-refractivity contribution in [3.63, 3.8) is 0 Å². The van der Waals surface area contributed by atoms with E-state index in [1.54, 1.807) is 6.33 Å². The van der Waals surface area contributed by atoms with E-state index in [0.29, 0.717) is 6.04 Å². The smallest absolute Gasteiger partial charge is 0.143 e. The number of nitrogens with zero attached hydrogens (tertiary/aromatic N) is 2. The molecule has 2 aromatic heterocycles. The second kappa shape index (κ2) is 6.24. The average molecular weight is 299 g/mol. The summed E-state index contributed by atoms with van der Waals surface area (Å²) in [5.41, 5.74) is 2.35. The Kier molecular flexibility index (Phi) is 3.97. The minimum absolute atomic E-state index is 0.473. The summed E-state index contributed by atoms with van der Waals surface area (Å²) in [6, 6.07) is 0.473. The van der Waals surface area contributed by atoms with Crippen molar-refractivity contribution in [1.82, 2.24) is 20.3 Å². The van der Waals surface area contributed by atoms with Gasteiger partial charge >= 0.3 is 0 Å². The summed E-state index contributed by atoms with van der Waals surface area (Å²) >= 11 is 0. The number of hydrogen-bond donors (Lipinski definition) is 3. The SMILES string of the molecule is c1nc(N[C@@H]2CCCNC2)c2c(CC3CCCC3)c[nH]c2n1. The van der Waals surface area contributed by atoms with Crippen LogP contribution >= 0.6 is 0 Å². The Morgan fingerprint density at radius 1 is 1.14 bits per heavy atom. The molecule has 1 saturated carbocycles. The number of anilines is 1. The fourth-order valence-corrected chi connectivity index (χ4v) is 3.99. The zero-order valence-electron chi connectivity index (χ0n) is 13.1. The minimum atomic E-state index is 0.473. The summed E-state index contributed by atoms with van der Waals surface area (Å²) in [7, 11) is 0. The van der Waals surface area contributed by atoms with Gasteiger partial charge in [-0.1, -0.05) is 25.7 Å². The first-order chi connectivity index (χ1) is 10.9. The van der Waals surface area contributed by atoms with Crippen LogP contribution < -0.4 is 10.6 Å². The van der Waals surface area contributed by atoms with Crippen molar-refractivity contribution in [2.24, 2.45) is 5.92 Å². The van der Waals surface area contributed by atoms with E-state index in [1.165, 1.54) is 49.5 Å². The van der Waals surface area contributed by atoms with Crippen molar-refractivity contribution in [1.29, 1.82) is 0 Å². The Balaban J connectivity index is 1.60. The second-order valence-corrected chi connectivity index (χ2v) is 6.80. The molecular formula is C17H25N5. The van der Waals surface area contributed by atoms with Gasteiger partial charge in [0.15, 0.2) is 0 Å². The molecule has 3 heterocycles. The molecule has 1 aliphatic heterocycles. The predicted octanol–water partition coefficient (Wildman–Crippen LogP) is 2.85. The van der Waals surface area contributed by atoms with Crippen LogP contribution in [0.15, 0.2) is 12.5 Å². The molecule has 0 amide bonds. The first-order valence-corrected chi connectivity index (χ1v) is 8.68. The number of aromatic amines is 1. The van der Waals surface area contributed by atoms with Gasteiger partial charge in [-0.2, -0.15) is 0 Å². The highest BCUT2D eigenvalue weighted by molar-refractivity contribution is 5.90. The molecule has 2 aromatic rings. The third-order valence-electron chi connectivity index (χ3n) is 5.17. The van der Waals surface area contributed by atoms with Gasteiger partial charge in [-0.3, -0.25) is 0 Å². The normalized spacial score (nSPS) is 23.2. The van der Waals surface area contributed by atoms with Gasteiger partial charge in [0.1, 0.15) is 17.8 Å². The Bertz CT molecular complexity index is 623. The lowest BCUT2D eigenvalue weighted by molar-refractivity contribution is 0.479. The van der Waals surface area contributed by atoms with Crippen molar-refractivity contribution < 1.29 is 0 Å². The predicted molar refractivity (Wildman–Crippen MR) is 89.1 cm³/mol. The molecule has 5 heteroatoms. The highest BCUT2D eigenvalue weighted by Crippen LogP contribution is 2.32. The van der Waals surface area contributed by atoms with E-state index < -0.39 is 0 Å². The van der Waals surface area contributed by atoms with Crippen LogP contribution in [0, 0.1) is 5.92 Å². The van der Waals surface area contributed by atoms with Crippen LogP contribution in [0.2, 0.25) is 0 Å². The molecule has 2 aliphatic rings. The quantitative estimate of drug-likeness (QED) is 0.812. The van der Waals surface area contributed by atoms with Crippen LogP contribution in [0.25, 0.3) is 11.0 Å². The van der Waals surface area contributed by atoms with Gasteiger partial charge in [0.05, 0.1) is 5.39 Å². The number of fused-ring (bicyclic) bond motifs is 1. The molecule has 0 bridgehead atoms. The summed E-state index contributed by atoms with van der Waals surface area (Å²) in [5, 5.41) is 8.31. The van der Waals surface area contributed by atoms with Crippen molar-refractivity contribution in [3.05, 3.63) is 18.1 Å². The van der Waals surface area contributed by atoms with Crippen molar-refractivity contribution >= 4 is 16.9 Å². The topological polar surface area (TPSA) is 65.6 Å². The first kappa shape index (κ1) is 14.0. The third-order valence-corrected chi connectivity index (χ3v) is 5.17. The molecule has 1 saturated heterocycles. The van der Waals surface area contributed by atoms with E-state index in [0.717, 1.165) is 36.9 Å². The van der Waals surface area contributed by atoms with Crippen LogP contribution in [-0.4, -0.2) is 34.1 Å². The van der Waals surface area contributed by atoms with Crippen LogP contribution in [0.1, 0.15) is 44.1 Å². The Hall–Kier alpha value is -1.62. The number of rotatable bonds is 4. The number of H-pyrrole nitrogens is 1. The molecule has 3 N–H and O–H groups in total. The molecule has 0 radical (unpaired) electrons. The van der Waals surface area contributed by atoms with Crippen LogP contribution in [0.3, 0.4) is 0 Å². The number of hydrogen-bond acceptors (Lipinski definition) is 4. The van der Waals surface area contributed by atoms with Gasteiger partial charge in [-0.25, -0.2) is 9.97 Å². The fraction of sp³-hybridized carbons (Fsp3) is 0.647. The van der Waals surface area contributed by atoms with Crippen molar-refractivity contribution in [2.45, 2.75) is 51.0 Å². The van der Waals surface area contributed by atoms with E-state index >= 15 is 0 Å². The lowest BCUT2D eigenvalue weighted by Gasteiger charge is -2.24. The van der Waals surface area contributed by atoms with E-state index in [4.69, 9.17) is 0 Å². The van der Waals surface area contributed by atoms with E-state index in [-0.39, 0.29) is 0 Å². The summed E-state index contributed by atoms with van der Waals surface area (Å²) in [4.78, 5) is 12.3. The monoisotopic (exact) mass is 299 g/mol. The lowest BCUT2D eigenvalue weighted by Crippen LogP contribution is -2.38. The Morgan fingerprint density at radius 2 is 2.05 bits per heavy atom. The lowest BCUT2D eigenvalue weighted by atomic mass is 9.98. The zero-order chi connectivity index (χ0) is 14.8.